The molecule has 3 unspecified atom stereocenters. The summed E-state index contributed by atoms with van der Waals surface area (Å²) >= 11 is 3.78. The van der Waals surface area contributed by atoms with E-state index in [0.717, 1.165) is 46.0 Å². The van der Waals surface area contributed by atoms with Gasteiger partial charge in [0, 0.05) is 23.3 Å². The van der Waals surface area contributed by atoms with Crippen molar-refractivity contribution in [3.05, 3.63) is 33.6 Å². The summed E-state index contributed by atoms with van der Waals surface area (Å²) in [5.74, 6) is -3.13. The highest BCUT2D eigenvalue weighted by Gasteiger charge is 2.53. The number of aromatic nitrogens is 1. The van der Waals surface area contributed by atoms with Crippen LogP contribution in [-0.2, 0) is 24.0 Å². The van der Waals surface area contributed by atoms with Crippen LogP contribution in [0.25, 0.3) is 0 Å². The summed E-state index contributed by atoms with van der Waals surface area (Å²) in [6.45, 7) is 1.58. The molecule has 5 rings (SSSR count). The highest BCUT2D eigenvalue weighted by Crippen LogP contribution is 2.41. The Bertz CT molecular complexity index is 1490. The van der Waals surface area contributed by atoms with Gasteiger partial charge in [0.25, 0.3) is 11.8 Å². The molecular formula is C25H30N8O7S3. The van der Waals surface area contributed by atoms with E-state index in [4.69, 9.17) is 16.3 Å². The lowest BCUT2D eigenvalue weighted by molar-refractivity contribution is -0.851. The van der Waals surface area contributed by atoms with Crippen LogP contribution in [0.1, 0.15) is 38.3 Å². The van der Waals surface area contributed by atoms with Crippen molar-refractivity contribution in [3.63, 3.8) is 0 Å². The number of anilines is 1. The van der Waals surface area contributed by atoms with Crippen molar-refractivity contribution in [2.75, 3.05) is 24.3 Å². The van der Waals surface area contributed by atoms with Gasteiger partial charge < -0.3 is 36.6 Å². The second kappa shape index (κ2) is 12.6. The summed E-state index contributed by atoms with van der Waals surface area (Å²) in [6.07, 6.45) is 1.66. The Kier molecular flexibility index (Phi) is 9.00. The van der Waals surface area contributed by atoms with Crippen LogP contribution in [0.3, 0.4) is 0 Å². The summed E-state index contributed by atoms with van der Waals surface area (Å²) in [4.78, 5) is 66.0. The second-order valence-electron chi connectivity index (χ2n) is 10.1. The topological polar surface area (TPSA) is 230 Å². The Labute approximate surface area is 258 Å². The number of carboxylic acid groups (broad SMARTS) is 2. The van der Waals surface area contributed by atoms with Crippen LogP contribution in [0.15, 0.2) is 38.1 Å². The second-order valence-corrected chi connectivity index (χ2v) is 13.2. The maximum atomic E-state index is 13.2. The van der Waals surface area contributed by atoms with E-state index >= 15 is 0 Å². The van der Waals surface area contributed by atoms with Crippen molar-refractivity contribution >= 4 is 75.3 Å². The number of hydrogen-bond donors (Lipinski definition) is 5. The molecule has 1 aromatic heterocycles. The molecule has 1 aliphatic carbocycles. The number of carbonyl (C=O) groups excluding carboxylic acids is 3. The molecule has 15 nitrogen and oxygen atoms in total. The molecule has 4 aliphatic rings. The number of thioether (sulfide) groups is 2. The zero-order chi connectivity index (χ0) is 31.0. The van der Waals surface area contributed by atoms with Crippen LogP contribution in [-0.4, -0.2) is 91.9 Å². The molecule has 3 aliphatic heterocycles. The van der Waals surface area contributed by atoms with Crippen molar-refractivity contribution in [2.24, 2.45) is 15.9 Å². The molecule has 1 aromatic rings. The van der Waals surface area contributed by atoms with E-state index in [1.165, 1.54) is 34.6 Å². The third kappa shape index (κ3) is 5.96. The number of aliphatic carboxylic acids is 2. The Morgan fingerprint density at radius 2 is 2.14 bits per heavy atom. The van der Waals surface area contributed by atoms with E-state index in [1.807, 2.05) is 7.05 Å². The van der Waals surface area contributed by atoms with Crippen molar-refractivity contribution in [3.8, 4) is 0 Å². The monoisotopic (exact) mass is 650 g/mol. The number of allylic oxidation sites excluding steroid dienone is 1. The average Bonchev–Trinajstić information content (AvgIpc) is 3.64. The van der Waals surface area contributed by atoms with E-state index in [0.29, 0.717) is 22.9 Å². The number of rotatable bonds is 11. The quantitative estimate of drug-likeness (QED) is 0.100. The lowest BCUT2D eigenvalue weighted by Crippen LogP contribution is -3.11. The van der Waals surface area contributed by atoms with E-state index < -0.39 is 41.3 Å². The van der Waals surface area contributed by atoms with Gasteiger partial charge in [-0.2, -0.15) is 4.99 Å². The van der Waals surface area contributed by atoms with Gasteiger partial charge in [0.05, 0.1) is 24.3 Å². The number of nitrogens with two attached hydrogens (primary N) is 2. The lowest BCUT2D eigenvalue weighted by atomic mass is 10.0. The first kappa shape index (κ1) is 30.8. The maximum Gasteiger partial charge on any atom is 0.347 e. The number of thiazole rings is 1. The zero-order valence-corrected chi connectivity index (χ0v) is 25.6. The predicted octanol–water partition coefficient (Wildman–Crippen LogP) is -1.95. The smallest absolute Gasteiger partial charge is 0.347 e. The number of carboxylic acids is 2. The van der Waals surface area contributed by atoms with E-state index in [1.54, 1.807) is 6.92 Å². The molecular weight excluding hydrogens is 621 g/mol. The summed E-state index contributed by atoms with van der Waals surface area (Å²) < 4.78 is 0. The normalized spacial score (nSPS) is 25.9. The first-order chi connectivity index (χ1) is 20.5. The molecule has 0 aromatic carbocycles. The number of amides is 2. The highest BCUT2D eigenvalue weighted by molar-refractivity contribution is 8.01. The first-order valence-electron chi connectivity index (χ1n) is 13.4. The van der Waals surface area contributed by atoms with Crippen LogP contribution in [0, 0.1) is 0 Å². The van der Waals surface area contributed by atoms with E-state index in [9.17, 15) is 29.4 Å². The summed E-state index contributed by atoms with van der Waals surface area (Å²) in [5, 5.41) is 28.7. The number of nitrogens with one attached hydrogen (secondary N) is 2. The minimum Gasteiger partial charge on any atom is -0.543 e. The van der Waals surface area contributed by atoms with E-state index in [-0.39, 0.29) is 34.2 Å². The number of quaternary nitrogens is 1. The van der Waals surface area contributed by atoms with Gasteiger partial charge in [-0.3, -0.25) is 19.4 Å². The molecule has 0 bridgehead atoms. The molecule has 230 valence electrons. The van der Waals surface area contributed by atoms with Crippen LogP contribution < -0.4 is 26.8 Å². The van der Waals surface area contributed by atoms with Crippen LogP contribution in [0.4, 0.5) is 5.13 Å². The summed E-state index contributed by atoms with van der Waals surface area (Å²) in [5.41, 5.74) is 14.0. The molecule has 7 N–H and O–H groups in total. The fraction of sp³-hybridized carbons (Fsp3) is 0.480. The third-order valence-corrected chi connectivity index (χ3v) is 10.8. The molecule has 2 amide bonds. The fourth-order valence-electron chi connectivity index (χ4n) is 5.26. The van der Waals surface area contributed by atoms with Gasteiger partial charge in [0.2, 0.25) is 11.6 Å². The van der Waals surface area contributed by atoms with Crippen molar-refractivity contribution in [2.45, 2.75) is 55.6 Å². The summed E-state index contributed by atoms with van der Waals surface area (Å²) in [6, 6.07) is -1.07. The third-order valence-electron chi connectivity index (χ3n) is 7.47. The van der Waals surface area contributed by atoms with Crippen LogP contribution >= 0.6 is 34.9 Å². The highest BCUT2D eigenvalue weighted by atomic mass is 32.2. The zero-order valence-electron chi connectivity index (χ0n) is 23.2. The van der Waals surface area contributed by atoms with Gasteiger partial charge in [0.15, 0.2) is 10.8 Å². The maximum absolute atomic E-state index is 13.2. The largest absolute Gasteiger partial charge is 0.543 e. The van der Waals surface area contributed by atoms with Gasteiger partial charge >= 0.3 is 5.97 Å². The van der Waals surface area contributed by atoms with Crippen molar-refractivity contribution in [1.29, 1.82) is 0 Å². The molecule has 1 fully saturated rings. The van der Waals surface area contributed by atoms with Gasteiger partial charge in [-0.1, -0.05) is 23.8 Å². The Hall–Kier alpha value is -3.61. The molecule has 18 heteroatoms. The lowest BCUT2D eigenvalue weighted by Gasteiger charge is -2.50. The van der Waals surface area contributed by atoms with E-state index in [2.05, 4.69) is 20.4 Å². The minimum atomic E-state index is -1.49. The predicted molar refractivity (Wildman–Crippen MR) is 159 cm³/mol. The minimum absolute atomic E-state index is 0.0356. The Morgan fingerprint density at radius 3 is 2.79 bits per heavy atom. The Morgan fingerprint density at radius 1 is 1.37 bits per heavy atom. The fourth-order valence-corrected chi connectivity index (χ4v) is 8.46. The van der Waals surface area contributed by atoms with Gasteiger partial charge in [-0.15, -0.1) is 23.1 Å². The average molecular weight is 651 g/mol. The standard InChI is InChI=1S/C25H30N8O7S3/c1-3-14(22(36)37)40-31-15(12-9-42-24(27)28-12)19(34)29-16-20(35)33-17(23(38)39)10(7-41-21(16)33)8-43-25-30-18(26)11-5-4-6-13(11)32(25)2/h9,14,16,21,25H,3-8H2,1-2H3,(H2,26,30)(H2,27,28)(H,29,34)(H,36,37)(H,38,39)/b31-15-/t14-,16?,21-,25?/m1/s1. The number of nitrogens with zero attached hydrogens (tertiary/aromatic N) is 4. The Balaban J connectivity index is 1.29. The number of nitrogen functional groups attached to an aromatic ring is 1. The van der Waals surface area contributed by atoms with Crippen molar-refractivity contribution < 1.29 is 39.1 Å². The van der Waals surface area contributed by atoms with Crippen LogP contribution in [0.5, 0.6) is 0 Å². The molecule has 0 spiro atoms. The number of carbonyl (C=O) groups is 4. The van der Waals surface area contributed by atoms with Crippen molar-refractivity contribution in [1.82, 2.24) is 15.2 Å². The molecule has 0 radical (unpaired) electrons. The number of fused-ring (bicyclic) bond motifs is 1. The van der Waals surface area contributed by atoms with Gasteiger partial charge in [-0.25, -0.2) is 9.78 Å². The van der Waals surface area contributed by atoms with Crippen LogP contribution in [0.2, 0.25) is 0 Å². The molecule has 0 saturated carbocycles. The summed E-state index contributed by atoms with van der Waals surface area (Å²) in [7, 11) is 2.02. The first-order valence-corrected chi connectivity index (χ1v) is 16.4. The number of amidine groups is 1. The molecule has 43 heavy (non-hydrogen) atoms. The number of oxime groups is 1. The number of hydrogen-bond acceptors (Lipinski definition) is 14. The van der Waals surface area contributed by atoms with Gasteiger partial charge in [-0.05, 0) is 24.8 Å². The SMILES string of the molecule is CC[C@@H](O/N=C(\C(=O)NC1C(=O)N2C(C(=O)[O-])=C(CSC3N=C(N)C4=C(CCC4)[NH+]3C)CS[C@H]12)c1csc(N)n1)C(=O)O. The number of aliphatic imine (C=N–C) groups is 1. The number of β-lactam (4-membered cyclic amide) rings is 1. The molecule has 1 saturated heterocycles. The van der Waals surface area contributed by atoms with Gasteiger partial charge in [0.1, 0.15) is 28.6 Å². The molecule has 4 heterocycles. The molecule has 5 atom stereocenters.